The lowest BCUT2D eigenvalue weighted by atomic mass is 10.2. The van der Waals surface area contributed by atoms with Crippen LogP contribution in [0.2, 0.25) is 0 Å². The summed E-state index contributed by atoms with van der Waals surface area (Å²) >= 11 is 3.32. The van der Waals surface area contributed by atoms with E-state index in [1.54, 1.807) is 31.3 Å². The van der Waals surface area contributed by atoms with E-state index in [1.807, 2.05) is 0 Å². The second-order valence-electron chi connectivity index (χ2n) is 6.39. The third kappa shape index (κ3) is 3.40. The molecule has 0 atom stereocenters. The number of carbonyl (C=O) groups excluding carboxylic acids is 1. The molecule has 2 heterocycles. The van der Waals surface area contributed by atoms with Gasteiger partial charge in [0.2, 0.25) is 0 Å². The molecule has 0 unspecified atom stereocenters. The quantitative estimate of drug-likeness (QED) is 0.496. The number of halogens is 2. The summed E-state index contributed by atoms with van der Waals surface area (Å²) in [7, 11) is 1.60. The maximum atomic E-state index is 13.2. The summed E-state index contributed by atoms with van der Waals surface area (Å²) < 4.78 is 16.4. The fraction of sp³-hybridized carbons (Fsp3) is 0.0500. The van der Waals surface area contributed by atoms with Crippen LogP contribution in [0.5, 0.6) is 0 Å². The van der Waals surface area contributed by atoms with Gasteiger partial charge in [-0.2, -0.15) is 0 Å². The Kier molecular flexibility index (Phi) is 4.67. The summed E-state index contributed by atoms with van der Waals surface area (Å²) in [4.78, 5) is 40.9. The van der Waals surface area contributed by atoms with Crippen LogP contribution in [0, 0.1) is 5.82 Å². The molecule has 0 saturated heterocycles. The zero-order chi connectivity index (χ0) is 20.7. The molecule has 0 spiro atoms. The molecule has 0 bridgehead atoms. The van der Waals surface area contributed by atoms with Crippen molar-refractivity contribution in [2.75, 3.05) is 5.32 Å². The number of aromatic amines is 1. The monoisotopic (exact) mass is 456 g/mol. The molecule has 0 aliphatic carbocycles. The van der Waals surface area contributed by atoms with Gasteiger partial charge >= 0.3 is 5.69 Å². The maximum Gasteiger partial charge on any atom is 0.333 e. The highest BCUT2D eigenvalue weighted by atomic mass is 79.9. The van der Waals surface area contributed by atoms with Gasteiger partial charge in [-0.1, -0.05) is 15.9 Å². The number of hydrogen-bond donors (Lipinski definition) is 2. The van der Waals surface area contributed by atoms with Gasteiger partial charge in [-0.15, -0.1) is 0 Å². The molecule has 0 aliphatic heterocycles. The smallest absolute Gasteiger partial charge is 0.333 e. The Labute approximate surface area is 171 Å². The second kappa shape index (κ2) is 7.17. The van der Waals surface area contributed by atoms with Gasteiger partial charge in [-0.3, -0.25) is 9.59 Å². The number of rotatable bonds is 3. The summed E-state index contributed by atoms with van der Waals surface area (Å²) in [6.45, 7) is 0. The van der Waals surface area contributed by atoms with Crippen molar-refractivity contribution in [3.8, 4) is 5.69 Å². The average Bonchev–Trinajstić information content (AvgIpc) is 3.01. The number of carbonyl (C=O) groups is 1. The number of aryl methyl sites for hydroxylation is 1. The Morgan fingerprint density at radius 1 is 1.07 bits per heavy atom. The molecule has 0 aliphatic rings. The molecule has 29 heavy (non-hydrogen) atoms. The maximum absolute atomic E-state index is 13.2. The van der Waals surface area contributed by atoms with Crippen molar-refractivity contribution in [1.29, 1.82) is 0 Å². The highest BCUT2D eigenvalue weighted by Crippen LogP contribution is 2.19. The molecule has 4 aromatic rings. The topological polar surface area (TPSA) is 88.9 Å². The first-order valence-electron chi connectivity index (χ1n) is 8.52. The number of nitrogens with one attached hydrogen (secondary N) is 2. The lowest BCUT2D eigenvalue weighted by Gasteiger charge is -2.06. The van der Waals surface area contributed by atoms with E-state index in [9.17, 15) is 18.8 Å². The molecule has 4 rings (SSSR count). The zero-order valence-corrected chi connectivity index (χ0v) is 16.7. The highest BCUT2D eigenvalue weighted by molar-refractivity contribution is 9.10. The minimum Gasteiger partial charge on any atom is -0.344 e. The van der Waals surface area contributed by atoms with Crippen molar-refractivity contribution in [3.05, 3.63) is 91.4 Å². The van der Waals surface area contributed by atoms with Crippen molar-refractivity contribution in [2.24, 2.45) is 7.05 Å². The van der Waals surface area contributed by atoms with Gasteiger partial charge < -0.3 is 14.9 Å². The molecular formula is C20H14BrFN4O3. The van der Waals surface area contributed by atoms with Crippen molar-refractivity contribution in [3.63, 3.8) is 0 Å². The molecule has 146 valence electrons. The van der Waals surface area contributed by atoms with E-state index in [1.165, 1.54) is 22.9 Å². The van der Waals surface area contributed by atoms with E-state index in [0.29, 0.717) is 5.69 Å². The van der Waals surface area contributed by atoms with Crippen molar-refractivity contribution in [1.82, 2.24) is 14.1 Å². The third-order valence-electron chi connectivity index (χ3n) is 4.45. The number of H-pyrrole nitrogens is 1. The molecule has 0 radical (unpaired) electrons. The SMILES string of the molecule is Cn1cc(C(=O)Nc2ccc(Br)cc2)c2[nH]c(=O)n(-c3ccc(F)cc3)c(=O)c21. The Morgan fingerprint density at radius 3 is 2.38 bits per heavy atom. The van der Waals surface area contributed by atoms with E-state index < -0.39 is 23.0 Å². The van der Waals surface area contributed by atoms with Crippen molar-refractivity contribution in [2.45, 2.75) is 0 Å². The molecule has 9 heteroatoms. The lowest BCUT2D eigenvalue weighted by Crippen LogP contribution is -2.34. The molecule has 2 aromatic heterocycles. The second-order valence-corrected chi connectivity index (χ2v) is 7.30. The molecule has 0 saturated carbocycles. The van der Waals surface area contributed by atoms with E-state index in [0.717, 1.165) is 21.2 Å². The summed E-state index contributed by atoms with van der Waals surface area (Å²) in [5, 5.41) is 2.74. The highest BCUT2D eigenvalue weighted by Gasteiger charge is 2.20. The van der Waals surface area contributed by atoms with E-state index in [2.05, 4.69) is 26.2 Å². The Bertz CT molecular complexity index is 1350. The number of amides is 1. The molecule has 2 N–H and O–H groups in total. The lowest BCUT2D eigenvalue weighted by molar-refractivity contribution is 0.102. The summed E-state index contributed by atoms with van der Waals surface area (Å²) in [6, 6.07) is 12.0. The van der Waals surface area contributed by atoms with Gasteiger partial charge in [0.1, 0.15) is 11.3 Å². The largest absolute Gasteiger partial charge is 0.344 e. The normalized spacial score (nSPS) is 11.0. The molecule has 0 fully saturated rings. The standard InChI is InChI=1S/C20H14BrFN4O3/c1-25-10-15(18(27)23-13-6-2-11(21)3-7-13)16-17(25)19(28)26(20(29)24-16)14-8-4-12(22)5-9-14/h2-10H,1H3,(H,23,27)(H,24,29). The fourth-order valence-electron chi connectivity index (χ4n) is 3.10. The van der Waals surface area contributed by atoms with Gasteiger partial charge in [0.25, 0.3) is 11.5 Å². The first-order valence-corrected chi connectivity index (χ1v) is 9.31. The van der Waals surface area contributed by atoms with Crippen LogP contribution in [-0.4, -0.2) is 20.0 Å². The van der Waals surface area contributed by atoms with Crippen LogP contribution in [0.25, 0.3) is 16.7 Å². The minimum atomic E-state index is -0.724. The van der Waals surface area contributed by atoms with Gasteiger partial charge in [-0.05, 0) is 48.5 Å². The Balaban J connectivity index is 1.83. The number of anilines is 1. The zero-order valence-electron chi connectivity index (χ0n) is 15.1. The molecule has 2 aromatic carbocycles. The van der Waals surface area contributed by atoms with Gasteiger partial charge in [0.15, 0.2) is 0 Å². The van der Waals surface area contributed by atoms with Crippen molar-refractivity contribution >= 4 is 38.6 Å². The Morgan fingerprint density at radius 2 is 1.72 bits per heavy atom. The molecule has 1 amide bonds. The van der Waals surface area contributed by atoms with Crippen LogP contribution in [-0.2, 0) is 7.05 Å². The number of hydrogen-bond acceptors (Lipinski definition) is 3. The fourth-order valence-corrected chi connectivity index (χ4v) is 3.36. The molecular weight excluding hydrogens is 443 g/mol. The van der Waals surface area contributed by atoms with E-state index in [4.69, 9.17) is 0 Å². The summed E-state index contributed by atoms with van der Waals surface area (Å²) in [5.41, 5.74) is -0.103. The van der Waals surface area contributed by atoms with Gasteiger partial charge in [-0.25, -0.2) is 13.8 Å². The predicted molar refractivity (Wildman–Crippen MR) is 111 cm³/mol. The predicted octanol–water partition coefficient (Wildman–Crippen LogP) is 3.17. The van der Waals surface area contributed by atoms with Gasteiger partial charge in [0.05, 0.1) is 16.8 Å². The van der Waals surface area contributed by atoms with Crippen LogP contribution in [0.15, 0.2) is 68.8 Å². The van der Waals surface area contributed by atoms with Crippen LogP contribution in [0.3, 0.4) is 0 Å². The van der Waals surface area contributed by atoms with Crippen molar-refractivity contribution < 1.29 is 9.18 Å². The van der Waals surface area contributed by atoms with E-state index >= 15 is 0 Å². The first-order chi connectivity index (χ1) is 13.8. The average molecular weight is 457 g/mol. The summed E-state index contributed by atoms with van der Waals surface area (Å²) in [5.74, 6) is -0.947. The Hall–Kier alpha value is -3.46. The van der Waals surface area contributed by atoms with E-state index in [-0.39, 0.29) is 22.3 Å². The number of fused-ring (bicyclic) bond motifs is 1. The number of benzene rings is 2. The first kappa shape index (κ1) is 18.9. The van der Waals surface area contributed by atoms with Crippen LogP contribution in [0.4, 0.5) is 10.1 Å². The molecule has 7 nitrogen and oxygen atoms in total. The van der Waals surface area contributed by atoms with Crippen LogP contribution in [0.1, 0.15) is 10.4 Å². The minimum absolute atomic E-state index is 0.135. The number of aromatic nitrogens is 3. The van der Waals surface area contributed by atoms with Crippen LogP contribution >= 0.6 is 15.9 Å². The van der Waals surface area contributed by atoms with Gasteiger partial charge in [0, 0.05) is 23.4 Å². The third-order valence-corrected chi connectivity index (χ3v) is 4.98. The number of nitrogens with zero attached hydrogens (tertiary/aromatic N) is 2. The summed E-state index contributed by atoms with van der Waals surface area (Å²) in [6.07, 6.45) is 1.48. The van der Waals surface area contributed by atoms with Crippen LogP contribution < -0.4 is 16.6 Å².